The lowest BCUT2D eigenvalue weighted by Gasteiger charge is -2.40. The molecule has 1 aliphatic rings. The van der Waals surface area contributed by atoms with Crippen LogP contribution in [-0.2, 0) is 0 Å². The molecule has 0 bridgehead atoms. The van der Waals surface area contributed by atoms with Crippen LogP contribution < -0.4 is 5.19 Å². The average molecular weight is 285 g/mol. The Morgan fingerprint density at radius 3 is 2.56 bits per heavy atom. The second-order valence-electron chi connectivity index (χ2n) is 4.91. The number of thiol groups is 1. The number of hydrogen-bond acceptors (Lipinski definition) is 2. The maximum Gasteiger partial charge on any atom is 0.199 e. The molecule has 0 amide bonds. The van der Waals surface area contributed by atoms with Crippen molar-refractivity contribution in [1.29, 1.82) is 0 Å². The molecule has 0 aromatic heterocycles. The summed E-state index contributed by atoms with van der Waals surface area (Å²) in [4.78, 5) is 0. The Bertz CT molecular complexity index is 357. The van der Waals surface area contributed by atoms with Gasteiger partial charge < -0.3 is 0 Å². The van der Waals surface area contributed by atoms with E-state index < -0.39 is 13.6 Å². The quantitative estimate of drug-likeness (QED) is 0.633. The molecular formula is C12H20S2Si2. The van der Waals surface area contributed by atoms with Crippen molar-refractivity contribution in [2.45, 2.75) is 38.0 Å². The molecule has 0 aliphatic carbocycles. The predicted molar refractivity (Wildman–Crippen MR) is 84.7 cm³/mol. The lowest BCUT2D eigenvalue weighted by atomic mass is 10.4. The van der Waals surface area contributed by atoms with Crippen molar-refractivity contribution < 1.29 is 0 Å². The largest absolute Gasteiger partial charge is 0.199 e. The van der Waals surface area contributed by atoms with Crippen molar-refractivity contribution in [2.75, 3.05) is 0 Å². The van der Waals surface area contributed by atoms with Crippen LogP contribution >= 0.6 is 22.7 Å². The zero-order valence-electron chi connectivity index (χ0n) is 10.1. The second kappa shape index (κ2) is 4.92. The zero-order valence-corrected chi connectivity index (χ0v) is 13.8. The van der Waals surface area contributed by atoms with Gasteiger partial charge in [-0.2, -0.15) is 22.7 Å². The maximum atomic E-state index is 5.14. The third-order valence-corrected chi connectivity index (χ3v) is 26.3. The van der Waals surface area contributed by atoms with Gasteiger partial charge in [0.1, 0.15) is 7.22 Å². The van der Waals surface area contributed by atoms with E-state index in [1.54, 1.807) is 0 Å². The van der Waals surface area contributed by atoms with Gasteiger partial charge in [-0.15, -0.1) is 0 Å². The van der Waals surface area contributed by atoms with Crippen molar-refractivity contribution in [2.24, 2.45) is 0 Å². The van der Waals surface area contributed by atoms with Crippen molar-refractivity contribution in [3.05, 3.63) is 30.3 Å². The molecule has 2 atom stereocenters. The normalized spacial score (nSPS) is 34.9. The maximum absolute atomic E-state index is 5.14. The highest BCUT2D eigenvalue weighted by molar-refractivity contribution is 8.66. The van der Waals surface area contributed by atoms with Gasteiger partial charge in [0.2, 0.25) is 0 Å². The van der Waals surface area contributed by atoms with E-state index in [0.29, 0.717) is 0 Å². The summed E-state index contributed by atoms with van der Waals surface area (Å²) in [6.45, 7) is 4.93. The summed E-state index contributed by atoms with van der Waals surface area (Å²) in [5.74, 6) is 0. The number of rotatable bonds is 2. The first-order valence-corrected chi connectivity index (χ1v) is 14.7. The third-order valence-electron chi connectivity index (χ3n) is 3.61. The van der Waals surface area contributed by atoms with Crippen LogP contribution in [0.15, 0.2) is 30.3 Å². The van der Waals surface area contributed by atoms with Gasteiger partial charge >= 0.3 is 0 Å². The van der Waals surface area contributed by atoms with Gasteiger partial charge in [-0.25, -0.2) is 0 Å². The first-order valence-electron chi connectivity index (χ1n) is 6.06. The van der Waals surface area contributed by atoms with Crippen LogP contribution in [0.25, 0.3) is 0 Å². The molecule has 2 rings (SSSR count). The van der Waals surface area contributed by atoms with Crippen LogP contribution in [0.3, 0.4) is 0 Å². The minimum absolute atomic E-state index is 1.03. The van der Waals surface area contributed by atoms with Crippen LogP contribution in [0.1, 0.15) is 13.3 Å². The van der Waals surface area contributed by atoms with Crippen LogP contribution in [0.2, 0.25) is 24.7 Å². The summed E-state index contributed by atoms with van der Waals surface area (Å²) in [5, 5.41) is 1.54. The van der Waals surface area contributed by atoms with Gasteiger partial charge in [0.05, 0.1) is 0 Å². The van der Waals surface area contributed by atoms with E-state index in [1.165, 1.54) is 29.7 Å². The Labute approximate surface area is 110 Å². The molecule has 1 aromatic carbocycles. The third kappa shape index (κ3) is 2.60. The van der Waals surface area contributed by atoms with Gasteiger partial charge in [0.25, 0.3) is 0 Å². The molecule has 0 nitrogen and oxygen atoms in total. The Balaban J connectivity index is 2.25. The number of hydrogen-bond donors (Lipinski definition) is 1. The van der Waals surface area contributed by atoms with Crippen LogP contribution in [0, 0.1) is 0 Å². The summed E-state index contributed by atoms with van der Waals surface area (Å²) < 4.78 is 0. The molecule has 0 saturated carbocycles. The molecule has 4 heteroatoms. The SMILES string of the molecule is CC[Si]1(C)CCC[Si](S)(c2ccccc2)S1. The summed E-state index contributed by atoms with van der Waals surface area (Å²) in [6.07, 6.45) is -0.0853. The number of benzene rings is 1. The lowest BCUT2D eigenvalue weighted by molar-refractivity contribution is 1.03. The van der Waals surface area contributed by atoms with Crippen molar-refractivity contribution in [3.63, 3.8) is 0 Å². The minimum Gasteiger partial charge on any atom is -0.190 e. The summed E-state index contributed by atoms with van der Waals surface area (Å²) >= 11 is 5.14. The molecule has 1 aromatic rings. The van der Waals surface area contributed by atoms with Crippen LogP contribution in [-0.4, -0.2) is 13.6 Å². The Morgan fingerprint density at radius 2 is 1.94 bits per heavy atom. The molecule has 0 N–H and O–H groups in total. The molecule has 1 heterocycles. The Hall–Kier alpha value is 0.354. The van der Waals surface area contributed by atoms with Gasteiger partial charge in [0, 0.05) is 0 Å². The van der Waals surface area contributed by atoms with E-state index in [0.717, 1.165) is 0 Å². The van der Waals surface area contributed by atoms with Gasteiger partial charge in [0.15, 0.2) is 6.37 Å². The van der Waals surface area contributed by atoms with E-state index in [-0.39, 0.29) is 0 Å². The highest BCUT2D eigenvalue weighted by atomic mass is 32.7. The molecule has 2 unspecified atom stereocenters. The summed E-state index contributed by atoms with van der Waals surface area (Å²) in [5.41, 5.74) is 0. The fourth-order valence-corrected chi connectivity index (χ4v) is 30.5. The van der Waals surface area contributed by atoms with Gasteiger partial charge in [-0.3, -0.25) is 0 Å². The molecular weight excluding hydrogens is 264 g/mol. The van der Waals surface area contributed by atoms with Crippen LogP contribution in [0.4, 0.5) is 0 Å². The highest BCUT2D eigenvalue weighted by Gasteiger charge is 2.43. The molecule has 1 saturated heterocycles. The van der Waals surface area contributed by atoms with Crippen LogP contribution in [0.5, 0.6) is 0 Å². The topological polar surface area (TPSA) is 0 Å². The van der Waals surface area contributed by atoms with Gasteiger partial charge in [-0.05, 0) is 17.3 Å². The minimum atomic E-state index is -1.50. The standard InChI is InChI=1S/C12H20S2Si2/c1-3-15(2)10-7-11-16(13,14-15)12-8-5-4-6-9-12/h4-6,8-9,13H,3,7,10-11H2,1-2H3. The fraction of sp³-hybridized carbons (Fsp3) is 0.500. The van der Waals surface area contributed by atoms with E-state index in [2.05, 4.69) is 54.5 Å². The summed E-state index contributed by atoms with van der Waals surface area (Å²) in [7, 11) is 1.30. The molecule has 0 radical (unpaired) electrons. The van der Waals surface area contributed by atoms with Crippen molar-refractivity contribution >= 4 is 41.5 Å². The second-order valence-corrected chi connectivity index (χ2v) is 22.6. The Kier molecular flexibility index (Phi) is 3.94. The van der Waals surface area contributed by atoms with E-state index in [1.807, 2.05) is 0 Å². The smallest absolute Gasteiger partial charge is 0.190 e. The molecule has 88 valence electrons. The van der Waals surface area contributed by atoms with E-state index in [4.69, 9.17) is 12.1 Å². The molecule has 1 aliphatic heterocycles. The average Bonchev–Trinajstić information content (AvgIpc) is 2.30. The molecule has 0 spiro atoms. The highest BCUT2D eigenvalue weighted by Crippen LogP contribution is 2.46. The van der Waals surface area contributed by atoms with E-state index in [9.17, 15) is 0 Å². The Morgan fingerprint density at radius 1 is 1.25 bits per heavy atom. The van der Waals surface area contributed by atoms with Crippen molar-refractivity contribution in [1.82, 2.24) is 0 Å². The van der Waals surface area contributed by atoms with E-state index >= 15 is 0 Å². The summed E-state index contributed by atoms with van der Waals surface area (Å²) in [6, 6.07) is 15.3. The monoisotopic (exact) mass is 284 g/mol. The predicted octanol–water partition coefficient (Wildman–Crippen LogP) is 4.00. The molecule has 1 fully saturated rings. The zero-order chi connectivity index (χ0) is 11.6. The lowest BCUT2D eigenvalue weighted by Crippen LogP contribution is -2.48. The fourth-order valence-electron chi connectivity index (χ4n) is 2.36. The van der Waals surface area contributed by atoms with Crippen molar-refractivity contribution in [3.8, 4) is 0 Å². The first-order chi connectivity index (χ1) is 7.58. The molecule has 16 heavy (non-hydrogen) atoms. The van der Waals surface area contributed by atoms with Gasteiger partial charge in [-0.1, -0.05) is 56.3 Å². The first kappa shape index (κ1) is 12.8.